The van der Waals surface area contributed by atoms with Gasteiger partial charge < -0.3 is 16.0 Å². The van der Waals surface area contributed by atoms with Crippen LogP contribution in [0, 0.1) is 5.92 Å². The SMILES string of the molecule is Cl.Cl.NC1(C(=O)N2CCC(C(=O)Nc3ccc(Br)cn3)CC2)CC1. The highest BCUT2D eigenvalue weighted by molar-refractivity contribution is 9.10. The summed E-state index contributed by atoms with van der Waals surface area (Å²) >= 11 is 3.31. The Kier molecular flexibility index (Phi) is 7.46. The van der Waals surface area contributed by atoms with E-state index in [0.29, 0.717) is 31.7 Å². The van der Waals surface area contributed by atoms with Gasteiger partial charge in [0.25, 0.3) is 0 Å². The minimum absolute atomic E-state index is 0. The molecule has 1 aromatic rings. The Morgan fingerprint density at radius 3 is 2.38 bits per heavy atom. The van der Waals surface area contributed by atoms with E-state index in [2.05, 4.69) is 26.2 Å². The van der Waals surface area contributed by atoms with Crippen LogP contribution in [0.2, 0.25) is 0 Å². The summed E-state index contributed by atoms with van der Waals surface area (Å²) in [4.78, 5) is 30.4. The number of halogens is 3. The quantitative estimate of drug-likeness (QED) is 0.756. The topological polar surface area (TPSA) is 88.3 Å². The van der Waals surface area contributed by atoms with Crippen LogP contribution in [0.15, 0.2) is 22.8 Å². The van der Waals surface area contributed by atoms with Crippen molar-refractivity contribution in [2.75, 3.05) is 18.4 Å². The smallest absolute Gasteiger partial charge is 0.242 e. The number of carbonyl (C=O) groups excluding carboxylic acids is 2. The third kappa shape index (κ3) is 4.81. The van der Waals surface area contributed by atoms with Crippen molar-refractivity contribution in [2.45, 2.75) is 31.2 Å². The van der Waals surface area contributed by atoms with Crippen LogP contribution in [-0.4, -0.2) is 40.3 Å². The Hall–Kier alpha value is -0.890. The number of nitrogens with two attached hydrogens (primary N) is 1. The van der Waals surface area contributed by atoms with Crippen LogP contribution in [0.25, 0.3) is 0 Å². The molecule has 0 radical (unpaired) electrons. The number of anilines is 1. The zero-order chi connectivity index (χ0) is 15.7. The number of likely N-dealkylation sites (tertiary alicyclic amines) is 1. The summed E-state index contributed by atoms with van der Waals surface area (Å²) in [6, 6.07) is 3.59. The molecule has 3 N–H and O–H groups in total. The van der Waals surface area contributed by atoms with Gasteiger partial charge in [0.15, 0.2) is 0 Å². The number of carbonyl (C=O) groups is 2. The molecule has 3 rings (SSSR count). The lowest BCUT2D eigenvalue weighted by atomic mass is 9.95. The standard InChI is InChI=1S/C15H19BrN4O2.2ClH/c16-11-1-2-12(18-9-11)19-13(21)10-3-7-20(8-4-10)14(22)15(17)5-6-15;;/h1-2,9-10H,3-8,17H2,(H,18,19,21);2*1H. The molecule has 0 spiro atoms. The van der Waals surface area contributed by atoms with Gasteiger partial charge in [-0.05, 0) is 53.7 Å². The van der Waals surface area contributed by atoms with Crippen molar-refractivity contribution in [1.29, 1.82) is 0 Å². The van der Waals surface area contributed by atoms with Crippen molar-refractivity contribution in [1.82, 2.24) is 9.88 Å². The van der Waals surface area contributed by atoms with Gasteiger partial charge in [-0.25, -0.2) is 4.98 Å². The molecule has 24 heavy (non-hydrogen) atoms. The van der Waals surface area contributed by atoms with Gasteiger partial charge in [-0.1, -0.05) is 0 Å². The van der Waals surface area contributed by atoms with Crippen molar-refractivity contribution in [3.05, 3.63) is 22.8 Å². The van der Waals surface area contributed by atoms with E-state index in [1.54, 1.807) is 17.2 Å². The molecule has 6 nitrogen and oxygen atoms in total. The van der Waals surface area contributed by atoms with E-state index < -0.39 is 5.54 Å². The molecule has 1 saturated carbocycles. The van der Waals surface area contributed by atoms with Crippen LogP contribution in [0.4, 0.5) is 5.82 Å². The predicted octanol–water partition coefficient (Wildman–Crippen LogP) is 2.36. The maximum atomic E-state index is 12.2. The van der Waals surface area contributed by atoms with Gasteiger partial charge in [0.1, 0.15) is 5.82 Å². The monoisotopic (exact) mass is 438 g/mol. The number of nitrogens with one attached hydrogen (secondary N) is 1. The first kappa shape index (κ1) is 21.2. The molecule has 1 aliphatic carbocycles. The molecule has 2 heterocycles. The number of hydrogen-bond donors (Lipinski definition) is 2. The Morgan fingerprint density at radius 1 is 1.25 bits per heavy atom. The largest absolute Gasteiger partial charge is 0.341 e. The van der Waals surface area contributed by atoms with Gasteiger partial charge in [-0.2, -0.15) is 0 Å². The minimum Gasteiger partial charge on any atom is -0.341 e. The van der Waals surface area contributed by atoms with Gasteiger partial charge in [0, 0.05) is 29.7 Å². The zero-order valence-electron chi connectivity index (χ0n) is 13.0. The van der Waals surface area contributed by atoms with Gasteiger partial charge in [0.2, 0.25) is 11.8 Å². The van der Waals surface area contributed by atoms with Crippen LogP contribution in [0.3, 0.4) is 0 Å². The van der Waals surface area contributed by atoms with E-state index in [1.165, 1.54) is 0 Å². The molecule has 1 saturated heterocycles. The summed E-state index contributed by atoms with van der Waals surface area (Å²) in [6.45, 7) is 1.20. The van der Waals surface area contributed by atoms with Crippen molar-refractivity contribution in [3.63, 3.8) is 0 Å². The summed E-state index contributed by atoms with van der Waals surface area (Å²) < 4.78 is 0.869. The van der Waals surface area contributed by atoms with Crippen molar-refractivity contribution >= 4 is 58.4 Å². The van der Waals surface area contributed by atoms with Crippen molar-refractivity contribution in [3.8, 4) is 0 Å². The minimum atomic E-state index is -0.615. The Labute approximate surface area is 161 Å². The molecule has 0 aromatic carbocycles. The first-order valence-electron chi connectivity index (χ1n) is 7.49. The summed E-state index contributed by atoms with van der Waals surface area (Å²) in [5.41, 5.74) is 5.33. The summed E-state index contributed by atoms with van der Waals surface area (Å²) in [5, 5.41) is 2.83. The normalized spacial score (nSPS) is 18.8. The highest BCUT2D eigenvalue weighted by atomic mass is 79.9. The van der Waals surface area contributed by atoms with Crippen LogP contribution in [0.5, 0.6) is 0 Å². The number of nitrogens with zero attached hydrogens (tertiary/aromatic N) is 2. The zero-order valence-corrected chi connectivity index (χ0v) is 16.3. The van der Waals surface area contributed by atoms with Gasteiger partial charge in [0.05, 0.1) is 5.54 Å². The lowest BCUT2D eigenvalue weighted by Crippen LogP contribution is -2.49. The fourth-order valence-electron chi connectivity index (χ4n) is 2.69. The maximum absolute atomic E-state index is 12.2. The molecule has 0 unspecified atom stereocenters. The Morgan fingerprint density at radius 2 is 1.88 bits per heavy atom. The molecule has 9 heteroatoms. The Bertz CT molecular complexity index is 588. The van der Waals surface area contributed by atoms with E-state index in [9.17, 15) is 9.59 Å². The second-order valence-corrected chi connectivity index (χ2v) is 6.99. The van der Waals surface area contributed by atoms with Crippen LogP contribution in [-0.2, 0) is 9.59 Å². The molecule has 1 aliphatic heterocycles. The molecular weight excluding hydrogens is 419 g/mol. The van der Waals surface area contributed by atoms with Crippen LogP contribution in [0.1, 0.15) is 25.7 Å². The predicted molar refractivity (Wildman–Crippen MR) is 101 cm³/mol. The maximum Gasteiger partial charge on any atom is 0.242 e. The van der Waals surface area contributed by atoms with E-state index in [0.717, 1.165) is 17.3 Å². The average molecular weight is 440 g/mol. The number of amides is 2. The summed E-state index contributed by atoms with van der Waals surface area (Å²) in [6.07, 6.45) is 4.55. The lowest BCUT2D eigenvalue weighted by Gasteiger charge is -2.33. The molecule has 2 aliphatic rings. The van der Waals surface area contributed by atoms with E-state index in [4.69, 9.17) is 5.73 Å². The lowest BCUT2D eigenvalue weighted by molar-refractivity contribution is -0.136. The van der Waals surface area contributed by atoms with Gasteiger partial charge >= 0.3 is 0 Å². The number of pyridine rings is 1. The molecule has 0 bridgehead atoms. The summed E-state index contributed by atoms with van der Waals surface area (Å²) in [5.74, 6) is 0.477. The highest BCUT2D eigenvalue weighted by Gasteiger charge is 2.48. The average Bonchev–Trinajstić information content (AvgIpc) is 3.28. The third-order valence-electron chi connectivity index (χ3n) is 4.35. The second kappa shape index (κ2) is 8.47. The fourth-order valence-corrected chi connectivity index (χ4v) is 2.92. The fraction of sp³-hybridized carbons (Fsp3) is 0.533. The van der Waals surface area contributed by atoms with Gasteiger partial charge in [-0.3, -0.25) is 9.59 Å². The molecule has 2 amide bonds. The van der Waals surface area contributed by atoms with E-state index in [-0.39, 0.29) is 42.5 Å². The highest BCUT2D eigenvalue weighted by Crippen LogP contribution is 2.35. The Balaban J connectivity index is 0.00000144. The first-order valence-corrected chi connectivity index (χ1v) is 8.28. The van der Waals surface area contributed by atoms with Crippen molar-refractivity contribution in [2.24, 2.45) is 11.7 Å². The molecule has 2 fully saturated rings. The summed E-state index contributed by atoms with van der Waals surface area (Å²) in [7, 11) is 0. The molecule has 0 atom stereocenters. The number of hydrogen-bond acceptors (Lipinski definition) is 4. The van der Waals surface area contributed by atoms with Crippen LogP contribution < -0.4 is 11.1 Å². The number of rotatable bonds is 3. The van der Waals surface area contributed by atoms with E-state index >= 15 is 0 Å². The van der Waals surface area contributed by atoms with Crippen LogP contribution >= 0.6 is 40.7 Å². The van der Waals surface area contributed by atoms with E-state index in [1.807, 2.05) is 6.07 Å². The molecule has 1 aromatic heterocycles. The molecule has 134 valence electrons. The second-order valence-electron chi connectivity index (χ2n) is 6.07. The van der Waals surface area contributed by atoms with Gasteiger partial charge in [-0.15, -0.1) is 24.8 Å². The first-order chi connectivity index (χ1) is 10.5. The number of piperidine rings is 1. The third-order valence-corrected chi connectivity index (χ3v) is 4.82. The molecular formula is C15H21BrCl2N4O2. The number of aromatic nitrogens is 1. The van der Waals surface area contributed by atoms with Crippen molar-refractivity contribution < 1.29 is 9.59 Å².